The van der Waals surface area contributed by atoms with E-state index in [2.05, 4.69) is 16.7 Å². The zero-order valence-corrected chi connectivity index (χ0v) is 10.5. The first-order chi connectivity index (χ1) is 7.42. The Bertz CT molecular complexity index is 586. The summed E-state index contributed by atoms with van der Waals surface area (Å²) in [6, 6.07) is 12.1. The molecule has 0 aliphatic carbocycles. The van der Waals surface area contributed by atoms with Crippen LogP contribution < -0.4 is 8.99 Å². The van der Waals surface area contributed by atoms with Crippen molar-refractivity contribution in [3.8, 4) is 5.88 Å². The Labute approximate surface area is 94.6 Å². The van der Waals surface area contributed by atoms with E-state index in [1.165, 1.54) is 5.39 Å². The van der Waals surface area contributed by atoms with E-state index in [-0.39, 0.29) is 0 Å². The number of aromatic nitrogens is 1. The molecule has 0 spiro atoms. The Hall–Kier alpha value is -1.39. The fourth-order valence-electron chi connectivity index (χ4n) is 2.31. The molecule has 0 saturated heterocycles. The molecular formula is C12H15NO2Si. The van der Waals surface area contributed by atoms with Gasteiger partial charge in [0.1, 0.15) is 0 Å². The van der Waals surface area contributed by atoms with E-state index < -0.39 is 7.84 Å². The van der Waals surface area contributed by atoms with Gasteiger partial charge in [0, 0.05) is 0 Å². The number of nitrogens with zero attached hydrogens (tertiary/aromatic N) is 1. The average molecular weight is 233 g/mol. The van der Waals surface area contributed by atoms with Gasteiger partial charge < -0.3 is 0 Å². The maximum atomic E-state index is 10.5. The van der Waals surface area contributed by atoms with E-state index in [1.54, 1.807) is 0 Å². The minimum absolute atomic E-state index is 0.594. The molecule has 16 heavy (non-hydrogen) atoms. The van der Waals surface area contributed by atoms with Gasteiger partial charge >= 0.3 is 94.1 Å². The molecule has 1 aliphatic heterocycles. The van der Waals surface area contributed by atoms with Gasteiger partial charge in [-0.25, -0.2) is 0 Å². The van der Waals surface area contributed by atoms with Crippen molar-refractivity contribution in [3.63, 3.8) is 0 Å². The maximum absolute atomic E-state index is 10.5. The van der Waals surface area contributed by atoms with Crippen LogP contribution in [0.15, 0.2) is 36.4 Å². The normalized spacial score (nSPS) is 23.1. The van der Waals surface area contributed by atoms with Crippen molar-refractivity contribution in [1.82, 2.24) is 0 Å². The van der Waals surface area contributed by atoms with Crippen LogP contribution in [0, 0.1) is 0 Å². The average Bonchev–Trinajstić information content (AvgIpc) is 2.48. The predicted molar refractivity (Wildman–Crippen MR) is 64.5 cm³/mol. The van der Waals surface area contributed by atoms with E-state index in [9.17, 15) is 4.80 Å². The molecule has 1 aliphatic rings. The first kappa shape index (κ1) is 9.81. The molecule has 1 aromatic heterocycles. The van der Waals surface area contributed by atoms with Crippen LogP contribution in [-0.2, 0) is 6.17 Å². The summed E-state index contributed by atoms with van der Waals surface area (Å²) in [6.07, 6.45) is 0.594. The fourth-order valence-corrected chi connectivity index (χ4v) is 4.44. The molecule has 0 saturated carbocycles. The SMILES string of the molecule is C[Si-]1(C)(O)C[n+]2c(ccc3ccccc32)O1. The summed E-state index contributed by atoms with van der Waals surface area (Å²) in [5.41, 5.74) is 1.12. The third-order valence-electron chi connectivity index (χ3n) is 2.94. The van der Waals surface area contributed by atoms with Crippen molar-refractivity contribution in [3.05, 3.63) is 36.4 Å². The number of benzene rings is 1. The molecule has 0 atom stereocenters. The number of hydrogen-bond donors (Lipinski definition) is 1. The van der Waals surface area contributed by atoms with E-state index in [1.807, 2.05) is 37.4 Å². The van der Waals surface area contributed by atoms with E-state index in [0.717, 1.165) is 11.4 Å². The Kier molecular flexibility index (Phi) is 1.62. The van der Waals surface area contributed by atoms with Gasteiger partial charge in [-0.05, 0) is 0 Å². The van der Waals surface area contributed by atoms with Crippen LogP contribution in [0.5, 0.6) is 5.88 Å². The fraction of sp³-hybridized carbons (Fsp3) is 0.250. The molecule has 3 nitrogen and oxygen atoms in total. The zero-order chi connectivity index (χ0) is 11.4. The Morgan fingerprint density at radius 2 is 1.94 bits per heavy atom. The van der Waals surface area contributed by atoms with Crippen molar-refractivity contribution in [2.45, 2.75) is 19.3 Å². The number of para-hydroxylation sites is 1. The summed E-state index contributed by atoms with van der Waals surface area (Å²) in [7, 11) is -3.21. The van der Waals surface area contributed by atoms with Crippen LogP contribution in [0.4, 0.5) is 0 Å². The van der Waals surface area contributed by atoms with Crippen molar-refractivity contribution in [2.75, 3.05) is 0 Å². The van der Waals surface area contributed by atoms with Gasteiger partial charge in [-0.15, -0.1) is 0 Å². The third-order valence-corrected chi connectivity index (χ3v) is 5.01. The van der Waals surface area contributed by atoms with E-state index >= 15 is 0 Å². The minimum atomic E-state index is -3.21. The van der Waals surface area contributed by atoms with Gasteiger partial charge in [0.15, 0.2) is 0 Å². The van der Waals surface area contributed by atoms with Crippen LogP contribution in [-0.4, -0.2) is 12.6 Å². The number of fused-ring (bicyclic) bond motifs is 3. The molecule has 0 fully saturated rings. The quantitative estimate of drug-likeness (QED) is 0.555. The molecule has 0 bridgehead atoms. The van der Waals surface area contributed by atoms with Gasteiger partial charge in [0.25, 0.3) is 0 Å². The van der Waals surface area contributed by atoms with Gasteiger partial charge in [-0.3, -0.25) is 0 Å². The second-order valence-electron chi connectivity index (χ2n) is 5.37. The van der Waals surface area contributed by atoms with Crippen LogP contribution in [0.2, 0.25) is 13.1 Å². The number of pyridine rings is 1. The summed E-state index contributed by atoms with van der Waals surface area (Å²) in [6.45, 7) is 3.70. The summed E-state index contributed by atoms with van der Waals surface area (Å²) in [4.78, 5) is 10.5. The second-order valence-corrected chi connectivity index (χ2v) is 10.8. The molecular weight excluding hydrogens is 218 g/mol. The van der Waals surface area contributed by atoms with Gasteiger partial charge in [0.05, 0.1) is 0 Å². The molecule has 0 unspecified atom stereocenters. The Balaban J connectivity index is 2.29. The van der Waals surface area contributed by atoms with Crippen molar-refractivity contribution >= 4 is 18.7 Å². The zero-order valence-electron chi connectivity index (χ0n) is 9.47. The number of hydrogen-bond acceptors (Lipinski definition) is 2. The molecule has 84 valence electrons. The van der Waals surface area contributed by atoms with Crippen LogP contribution >= 0.6 is 0 Å². The van der Waals surface area contributed by atoms with Gasteiger partial charge in [-0.2, -0.15) is 0 Å². The summed E-state index contributed by atoms with van der Waals surface area (Å²) in [5.74, 6) is 0.777. The third kappa shape index (κ3) is 1.42. The van der Waals surface area contributed by atoms with Crippen LogP contribution in [0.1, 0.15) is 0 Å². The van der Waals surface area contributed by atoms with E-state index in [0.29, 0.717) is 6.17 Å². The first-order valence-corrected chi connectivity index (χ1v) is 9.05. The monoisotopic (exact) mass is 233 g/mol. The van der Waals surface area contributed by atoms with Gasteiger partial charge in [-0.1, -0.05) is 0 Å². The molecule has 1 aromatic carbocycles. The summed E-state index contributed by atoms with van der Waals surface area (Å²) < 4.78 is 7.83. The summed E-state index contributed by atoms with van der Waals surface area (Å²) in [5, 5.41) is 1.17. The van der Waals surface area contributed by atoms with Crippen LogP contribution in [0.3, 0.4) is 0 Å². The number of rotatable bonds is 0. The Morgan fingerprint density at radius 1 is 1.19 bits per heavy atom. The van der Waals surface area contributed by atoms with Crippen molar-refractivity contribution in [2.24, 2.45) is 0 Å². The van der Waals surface area contributed by atoms with Gasteiger partial charge in [0.2, 0.25) is 0 Å². The Morgan fingerprint density at radius 3 is 2.75 bits per heavy atom. The summed E-state index contributed by atoms with van der Waals surface area (Å²) >= 11 is 0. The first-order valence-electron chi connectivity index (χ1n) is 5.49. The molecule has 1 N–H and O–H groups in total. The van der Waals surface area contributed by atoms with Crippen molar-refractivity contribution in [1.29, 1.82) is 0 Å². The topological polar surface area (TPSA) is 33.3 Å². The molecule has 3 rings (SSSR count). The molecule has 2 heterocycles. The van der Waals surface area contributed by atoms with E-state index in [4.69, 9.17) is 4.43 Å². The predicted octanol–water partition coefficient (Wildman–Crippen LogP) is 1.71. The standard InChI is InChI=1S/C12H15NO2Si/c1-16(2,14)9-13-11-6-4-3-5-10(11)7-8-12(13)15-16/h3-8,14H,9H2,1-2H3. The van der Waals surface area contributed by atoms with Crippen LogP contribution in [0.25, 0.3) is 10.9 Å². The molecule has 2 aromatic rings. The van der Waals surface area contributed by atoms with Crippen molar-refractivity contribution < 1.29 is 13.8 Å². The second kappa shape index (κ2) is 2.64. The molecule has 4 heteroatoms. The molecule has 0 amide bonds. The molecule has 0 radical (unpaired) electrons.